The van der Waals surface area contributed by atoms with Gasteiger partial charge >= 0.3 is 0 Å². The first-order valence-corrected chi connectivity index (χ1v) is 9.66. The number of nitrogen functional groups attached to an aromatic ring is 1. The fraction of sp³-hybridized carbons (Fsp3) is 0.381. The minimum Gasteiger partial charge on any atom is -0.496 e. The molecule has 0 radical (unpaired) electrons. The number of anilines is 1. The summed E-state index contributed by atoms with van der Waals surface area (Å²) in [5.41, 5.74) is 8.87. The molecule has 1 saturated heterocycles. The fourth-order valence-corrected chi connectivity index (χ4v) is 3.49. The highest BCUT2D eigenvalue weighted by Gasteiger charge is 2.15. The van der Waals surface area contributed by atoms with Gasteiger partial charge in [0.15, 0.2) is 0 Å². The van der Waals surface area contributed by atoms with E-state index in [0.717, 1.165) is 12.1 Å². The van der Waals surface area contributed by atoms with Gasteiger partial charge in [0.2, 0.25) is 0 Å². The highest BCUT2D eigenvalue weighted by atomic mass is 35.5. The molecule has 2 aromatic rings. The second-order valence-electron chi connectivity index (χ2n) is 6.91. The number of nitrogens with zero attached hydrogens (tertiary/aromatic N) is 1. The molecule has 0 atom stereocenters. The number of carbonyl (C=O) groups is 1. The zero-order valence-electron chi connectivity index (χ0n) is 16.4. The molecule has 0 spiro atoms. The monoisotopic (exact) mass is 459 g/mol. The maximum atomic E-state index is 12.5. The zero-order valence-corrected chi connectivity index (χ0v) is 18.8. The molecule has 3 N–H and O–H groups in total. The lowest BCUT2D eigenvalue weighted by molar-refractivity contribution is 0.0948. The van der Waals surface area contributed by atoms with Gasteiger partial charge in [-0.15, -0.1) is 24.8 Å². The van der Waals surface area contributed by atoms with E-state index in [9.17, 15) is 4.79 Å². The van der Waals surface area contributed by atoms with Crippen molar-refractivity contribution < 1.29 is 9.53 Å². The molecule has 1 aliphatic rings. The van der Waals surface area contributed by atoms with E-state index < -0.39 is 0 Å². The molecule has 0 unspecified atom stereocenters. The molecule has 0 aliphatic carbocycles. The van der Waals surface area contributed by atoms with Crippen LogP contribution in [0, 0.1) is 0 Å². The molecule has 5 nitrogen and oxygen atoms in total. The van der Waals surface area contributed by atoms with Gasteiger partial charge in [-0.1, -0.05) is 42.3 Å². The van der Waals surface area contributed by atoms with Crippen LogP contribution in [0.1, 0.15) is 40.7 Å². The minimum atomic E-state index is -0.244. The Labute approximate surface area is 189 Å². The predicted molar refractivity (Wildman–Crippen MR) is 124 cm³/mol. The molecule has 29 heavy (non-hydrogen) atoms. The maximum Gasteiger partial charge on any atom is 0.255 e. The van der Waals surface area contributed by atoms with Crippen molar-refractivity contribution in [2.24, 2.45) is 0 Å². The first-order valence-electron chi connectivity index (χ1n) is 9.28. The Morgan fingerprint density at radius 2 is 1.72 bits per heavy atom. The summed E-state index contributed by atoms with van der Waals surface area (Å²) in [7, 11) is 1.50. The molecule has 1 aliphatic heterocycles. The molecular formula is C21H28Cl3N3O2. The number of likely N-dealkylation sites (tertiary alicyclic amines) is 1. The summed E-state index contributed by atoms with van der Waals surface area (Å²) < 4.78 is 5.24. The number of ether oxygens (including phenoxy) is 1. The third kappa shape index (κ3) is 6.96. The highest BCUT2D eigenvalue weighted by molar-refractivity contribution is 6.33. The summed E-state index contributed by atoms with van der Waals surface area (Å²) in [6, 6.07) is 11.5. The van der Waals surface area contributed by atoms with Crippen molar-refractivity contribution >= 4 is 48.0 Å². The summed E-state index contributed by atoms with van der Waals surface area (Å²) >= 11 is 6.04. The van der Waals surface area contributed by atoms with Crippen LogP contribution in [0.2, 0.25) is 5.02 Å². The van der Waals surface area contributed by atoms with Crippen LogP contribution in [0.4, 0.5) is 5.69 Å². The van der Waals surface area contributed by atoms with Gasteiger partial charge in [0.05, 0.1) is 23.4 Å². The van der Waals surface area contributed by atoms with Crippen LogP contribution in [0.5, 0.6) is 5.75 Å². The van der Waals surface area contributed by atoms with Gasteiger partial charge < -0.3 is 15.8 Å². The summed E-state index contributed by atoms with van der Waals surface area (Å²) in [6.45, 7) is 3.80. The van der Waals surface area contributed by atoms with E-state index in [4.69, 9.17) is 22.1 Å². The molecule has 0 bridgehead atoms. The summed E-state index contributed by atoms with van der Waals surface area (Å²) in [5, 5.41) is 3.24. The Kier molecular flexibility index (Phi) is 10.6. The number of rotatable bonds is 6. The van der Waals surface area contributed by atoms with Crippen molar-refractivity contribution in [1.29, 1.82) is 0 Å². The number of methoxy groups -OCH3 is 1. The number of amides is 1. The van der Waals surface area contributed by atoms with Gasteiger partial charge in [-0.2, -0.15) is 0 Å². The van der Waals surface area contributed by atoms with Gasteiger partial charge in [0.1, 0.15) is 5.75 Å². The number of carbonyl (C=O) groups excluding carboxylic acids is 1. The smallest absolute Gasteiger partial charge is 0.255 e. The lowest BCUT2D eigenvalue weighted by Gasteiger charge is -2.26. The SMILES string of the molecule is COc1cc(N)c(Cl)cc1C(=O)NCc1ccc(CN2CCCCC2)cc1.Cl.Cl. The van der Waals surface area contributed by atoms with Crippen LogP contribution in [0.25, 0.3) is 0 Å². The number of hydrogen-bond acceptors (Lipinski definition) is 4. The molecule has 1 fully saturated rings. The van der Waals surface area contributed by atoms with Crippen LogP contribution in [-0.4, -0.2) is 31.0 Å². The number of nitrogens with two attached hydrogens (primary N) is 1. The van der Waals surface area contributed by atoms with E-state index in [0.29, 0.717) is 28.6 Å². The van der Waals surface area contributed by atoms with E-state index in [2.05, 4.69) is 34.5 Å². The van der Waals surface area contributed by atoms with E-state index in [1.54, 1.807) is 6.07 Å². The zero-order chi connectivity index (χ0) is 19.2. The summed E-state index contributed by atoms with van der Waals surface area (Å²) in [4.78, 5) is 15.0. The third-order valence-corrected chi connectivity index (χ3v) is 5.22. The van der Waals surface area contributed by atoms with Crippen molar-refractivity contribution in [1.82, 2.24) is 10.2 Å². The summed E-state index contributed by atoms with van der Waals surface area (Å²) in [6.07, 6.45) is 3.94. The maximum absolute atomic E-state index is 12.5. The molecule has 1 amide bonds. The molecule has 160 valence electrons. The summed E-state index contributed by atoms with van der Waals surface area (Å²) in [5.74, 6) is 0.164. The quantitative estimate of drug-likeness (QED) is 0.614. The van der Waals surface area contributed by atoms with Crippen molar-refractivity contribution in [3.63, 3.8) is 0 Å². The third-order valence-electron chi connectivity index (χ3n) is 4.89. The number of nitrogens with one attached hydrogen (secondary N) is 1. The Morgan fingerprint density at radius 1 is 1.10 bits per heavy atom. The second kappa shape index (κ2) is 12.1. The van der Waals surface area contributed by atoms with Crippen molar-refractivity contribution in [2.45, 2.75) is 32.4 Å². The Balaban J connectivity index is 0.00000210. The standard InChI is InChI=1S/C21H26ClN3O2.2ClH/c1-27-20-12-19(23)18(22)11-17(20)21(26)24-13-15-5-7-16(8-6-15)14-25-9-3-2-4-10-25;;/h5-8,11-12H,2-4,9-10,13-14,23H2,1H3,(H,24,26);2*1H. The molecule has 0 aromatic heterocycles. The van der Waals surface area contributed by atoms with E-state index >= 15 is 0 Å². The largest absolute Gasteiger partial charge is 0.496 e. The van der Waals surface area contributed by atoms with E-state index in [1.807, 2.05) is 0 Å². The average molecular weight is 461 g/mol. The second-order valence-corrected chi connectivity index (χ2v) is 7.32. The van der Waals surface area contributed by atoms with Gasteiger partial charge in [0.25, 0.3) is 5.91 Å². The number of halogens is 3. The van der Waals surface area contributed by atoms with Crippen molar-refractivity contribution in [3.8, 4) is 5.75 Å². The van der Waals surface area contributed by atoms with E-state index in [-0.39, 0.29) is 30.7 Å². The van der Waals surface area contributed by atoms with E-state index in [1.165, 1.54) is 51.1 Å². The van der Waals surface area contributed by atoms with Crippen molar-refractivity contribution in [2.75, 3.05) is 25.9 Å². The van der Waals surface area contributed by atoms with Crippen LogP contribution in [-0.2, 0) is 13.1 Å². The Hall–Kier alpha value is -1.66. The molecule has 2 aromatic carbocycles. The molecule has 3 rings (SSSR count). The highest BCUT2D eigenvalue weighted by Crippen LogP contribution is 2.28. The molecule has 1 heterocycles. The molecule has 8 heteroatoms. The fourth-order valence-electron chi connectivity index (χ4n) is 3.33. The van der Waals surface area contributed by atoms with Crippen LogP contribution >= 0.6 is 36.4 Å². The van der Waals surface area contributed by atoms with Gasteiger partial charge in [0, 0.05) is 19.2 Å². The minimum absolute atomic E-state index is 0. The van der Waals surface area contributed by atoms with Crippen LogP contribution in [0.3, 0.4) is 0 Å². The van der Waals surface area contributed by atoms with Crippen molar-refractivity contribution in [3.05, 3.63) is 58.1 Å². The average Bonchev–Trinajstić information content (AvgIpc) is 2.69. The van der Waals surface area contributed by atoms with Crippen LogP contribution in [0.15, 0.2) is 36.4 Å². The van der Waals surface area contributed by atoms with Gasteiger partial charge in [-0.25, -0.2) is 0 Å². The first kappa shape index (κ1) is 25.4. The van der Waals surface area contributed by atoms with Crippen LogP contribution < -0.4 is 15.8 Å². The number of piperidine rings is 1. The Bertz CT molecular complexity index is 795. The lowest BCUT2D eigenvalue weighted by atomic mass is 10.1. The van der Waals surface area contributed by atoms with Gasteiger partial charge in [-0.3, -0.25) is 9.69 Å². The molecular weight excluding hydrogens is 433 g/mol. The normalized spacial score (nSPS) is 13.7. The number of hydrogen-bond donors (Lipinski definition) is 2. The Morgan fingerprint density at radius 3 is 2.34 bits per heavy atom. The van der Waals surface area contributed by atoms with Gasteiger partial charge in [-0.05, 0) is 43.1 Å². The first-order chi connectivity index (χ1) is 13.1. The number of benzene rings is 2. The lowest BCUT2D eigenvalue weighted by Crippen LogP contribution is -2.29. The predicted octanol–water partition coefficient (Wildman–Crippen LogP) is 4.69. The topological polar surface area (TPSA) is 67.6 Å². The molecule has 0 saturated carbocycles.